The lowest BCUT2D eigenvalue weighted by Gasteiger charge is -2.33. The normalized spacial score (nSPS) is 11.8. The summed E-state index contributed by atoms with van der Waals surface area (Å²) < 4.78 is 37.6. The topological polar surface area (TPSA) is 105 Å². The molecule has 0 radical (unpaired) electrons. The molecular formula is C29H34ClN3O6S. The van der Waals surface area contributed by atoms with E-state index in [1.165, 1.54) is 31.3 Å². The van der Waals surface area contributed by atoms with Gasteiger partial charge in [0, 0.05) is 30.6 Å². The predicted octanol–water partition coefficient (Wildman–Crippen LogP) is 3.90. The second-order valence-corrected chi connectivity index (χ2v) is 11.4. The van der Waals surface area contributed by atoms with Crippen molar-refractivity contribution in [2.45, 2.75) is 25.9 Å². The Hall–Kier alpha value is -3.76. The number of hydrogen-bond donors (Lipinski definition) is 1. The zero-order valence-electron chi connectivity index (χ0n) is 23.0. The Labute approximate surface area is 240 Å². The van der Waals surface area contributed by atoms with Crippen molar-refractivity contribution in [2.75, 3.05) is 37.9 Å². The number of halogens is 1. The lowest BCUT2D eigenvalue weighted by molar-refractivity contribution is -0.140. The Balaban J connectivity index is 2.08. The van der Waals surface area contributed by atoms with Gasteiger partial charge in [0.2, 0.25) is 21.8 Å². The highest BCUT2D eigenvalue weighted by Crippen LogP contribution is 2.34. The molecule has 0 aliphatic heterocycles. The molecule has 1 atom stereocenters. The van der Waals surface area contributed by atoms with E-state index in [4.69, 9.17) is 21.1 Å². The number of ether oxygens (including phenoxy) is 2. The number of carbonyl (C=O) groups excluding carboxylic acids is 2. The van der Waals surface area contributed by atoms with Gasteiger partial charge in [0.15, 0.2) is 0 Å². The smallest absolute Gasteiger partial charge is 0.244 e. The van der Waals surface area contributed by atoms with Crippen molar-refractivity contribution >= 4 is 39.1 Å². The number of sulfonamides is 1. The average Bonchev–Trinajstić information content (AvgIpc) is 2.93. The van der Waals surface area contributed by atoms with E-state index in [2.05, 4.69) is 5.32 Å². The zero-order chi connectivity index (χ0) is 29.3. The summed E-state index contributed by atoms with van der Waals surface area (Å²) in [5, 5.41) is 3.30. The highest BCUT2D eigenvalue weighted by atomic mass is 35.5. The average molecular weight is 588 g/mol. The van der Waals surface area contributed by atoms with Crippen molar-refractivity contribution in [2.24, 2.45) is 0 Å². The first-order chi connectivity index (χ1) is 19.1. The van der Waals surface area contributed by atoms with Gasteiger partial charge in [-0.1, -0.05) is 54.1 Å². The van der Waals surface area contributed by atoms with E-state index in [0.29, 0.717) is 22.9 Å². The SMILES string of the molecule is CCNC(=O)C(Cc1ccccc1)N(Cc1cccc(Cl)c1)C(=O)CN(c1ccc(OC)cc1OC)S(C)(=O)=O. The predicted molar refractivity (Wildman–Crippen MR) is 156 cm³/mol. The number of rotatable bonds is 13. The summed E-state index contributed by atoms with van der Waals surface area (Å²) >= 11 is 6.22. The second-order valence-electron chi connectivity index (χ2n) is 9.06. The molecule has 0 aromatic heterocycles. The standard InChI is InChI=1S/C29H34ClN3O6S/c1-5-31-29(35)26(17-21-10-7-6-8-11-21)32(19-22-12-9-13-23(30)16-22)28(34)20-33(40(4,36)37)25-15-14-24(38-2)18-27(25)39-3/h6-16,18,26H,5,17,19-20H2,1-4H3,(H,31,35). The fourth-order valence-electron chi connectivity index (χ4n) is 4.26. The number of likely N-dealkylation sites (N-methyl/N-ethyl adjacent to an activating group) is 1. The van der Waals surface area contributed by atoms with E-state index in [-0.39, 0.29) is 30.3 Å². The molecule has 0 heterocycles. The van der Waals surface area contributed by atoms with Crippen LogP contribution >= 0.6 is 11.6 Å². The van der Waals surface area contributed by atoms with Gasteiger partial charge < -0.3 is 19.7 Å². The first-order valence-electron chi connectivity index (χ1n) is 12.6. The monoisotopic (exact) mass is 587 g/mol. The van der Waals surface area contributed by atoms with Gasteiger partial charge >= 0.3 is 0 Å². The summed E-state index contributed by atoms with van der Waals surface area (Å²) in [5.41, 5.74) is 1.70. The summed E-state index contributed by atoms with van der Waals surface area (Å²) in [6, 6.07) is 20.0. The van der Waals surface area contributed by atoms with Crippen LogP contribution in [0.1, 0.15) is 18.1 Å². The molecule has 0 spiro atoms. The van der Waals surface area contributed by atoms with E-state index in [9.17, 15) is 18.0 Å². The number of nitrogens with zero attached hydrogens (tertiary/aromatic N) is 2. The maximum atomic E-state index is 14.1. The molecule has 0 aliphatic rings. The van der Waals surface area contributed by atoms with E-state index < -0.39 is 28.5 Å². The first-order valence-corrected chi connectivity index (χ1v) is 14.8. The molecule has 9 nitrogen and oxygen atoms in total. The third-order valence-electron chi connectivity index (χ3n) is 6.20. The number of anilines is 1. The van der Waals surface area contributed by atoms with Crippen LogP contribution in [-0.4, -0.2) is 64.7 Å². The van der Waals surface area contributed by atoms with Crippen molar-refractivity contribution in [3.63, 3.8) is 0 Å². The summed E-state index contributed by atoms with van der Waals surface area (Å²) in [4.78, 5) is 28.8. The van der Waals surface area contributed by atoms with Gasteiger partial charge in [-0.2, -0.15) is 0 Å². The molecule has 2 amide bonds. The molecule has 1 unspecified atom stereocenters. The van der Waals surface area contributed by atoms with Crippen LogP contribution in [0.3, 0.4) is 0 Å². The first kappa shape index (κ1) is 30.8. The van der Waals surface area contributed by atoms with Crippen LogP contribution in [0.25, 0.3) is 0 Å². The van der Waals surface area contributed by atoms with Crippen molar-refractivity contribution in [3.05, 3.63) is 88.9 Å². The van der Waals surface area contributed by atoms with E-state index >= 15 is 0 Å². The molecule has 11 heteroatoms. The van der Waals surface area contributed by atoms with Crippen molar-refractivity contribution in [1.29, 1.82) is 0 Å². The number of benzene rings is 3. The number of hydrogen-bond acceptors (Lipinski definition) is 6. The zero-order valence-corrected chi connectivity index (χ0v) is 24.5. The van der Waals surface area contributed by atoms with Gasteiger partial charge in [-0.05, 0) is 42.3 Å². The molecule has 0 saturated carbocycles. The number of nitrogens with one attached hydrogen (secondary N) is 1. The van der Waals surface area contributed by atoms with E-state index in [0.717, 1.165) is 16.1 Å². The fourth-order valence-corrected chi connectivity index (χ4v) is 5.33. The molecule has 0 fully saturated rings. The van der Waals surface area contributed by atoms with Crippen LogP contribution < -0.4 is 19.1 Å². The summed E-state index contributed by atoms with van der Waals surface area (Å²) in [6.07, 6.45) is 1.24. The van der Waals surface area contributed by atoms with E-state index in [1.54, 1.807) is 37.3 Å². The fraction of sp³-hybridized carbons (Fsp3) is 0.310. The molecular weight excluding hydrogens is 554 g/mol. The molecule has 40 heavy (non-hydrogen) atoms. The summed E-state index contributed by atoms with van der Waals surface area (Å²) in [7, 11) is -1.07. The minimum atomic E-state index is -3.95. The lowest BCUT2D eigenvalue weighted by Crippen LogP contribution is -2.53. The molecule has 3 aromatic carbocycles. The molecule has 1 N–H and O–H groups in total. The van der Waals surface area contributed by atoms with Crippen molar-refractivity contribution in [1.82, 2.24) is 10.2 Å². The highest BCUT2D eigenvalue weighted by molar-refractivity contribution is 7.92. The summed E-state index contributed by atoms with van der Waals surface area (Å²) in [5.74, 6) is -0.254. The Morgan fingerprint density at radius 1 is 0.950 bits per heavy atom. The lowest BCUT2D eigenvalue weighted by atomic mass is 10.0. The van der Waals surface area contributed by atoms with Gasteiger partial charge in [0.25, 0.3) is 0 Å². The number of methoxy groups -OCH3 is 2. The van der Waals surface area contributed by atoms with Crippen molar-refractivity contribution in [3.8, 4) is 11.5 Å². The Morgan fingerprint density at radius 2 is 1.65 bits per heavy atom. The Kier molecular flexibility index (Phi) is 10.8. The van der Waals surface area contributed by atoms with Crippen LogP contribution in [0, 0.1) is 0 Å². The van der Waals surface area contributed by atoms with Gasteiger partial charge in [-0.3, -0.25) is 13.9 Å². The molecule has 0 saturated heterocycles. The van der Waals surface area contributed by atoms with Crippen LogP contribution in [0.4, 0.5) is 5.69 Å². The Bertz CT molecular complexity index is 1420. The number of carbonyl (C=O) groups is 2. The maximum absolute atomic E-state index is 14.1. The highest BCUT2D eigenvalue weighted by Gasteiger charge is 2.33. The van der Waals surface area contributed by atoms with Crippen molar-refractivity contribution < 1.29 is 27.5 Å². The minimum Gasteiger partial charge on any atom is -0.497 e. The minimum absolute atomic E-state index is 0.0331. The van der Waals surface area contributed by atoms with Crippen LogP contribution in [-0.2, 0) is 32.6 Å². The third-order valence-corrected chi connectivity index (χ3v) is 7.56. The van der Waals surface area contributed by atoms with Crippen LogP contribution in [0.15, 0.2) is 72.8 Å². The summed E-state index contributed by atoms with van der Waals surface area (Å²) in [6.45, 7) is 1.63. The van der Waals surface area contributed by atoms with Gasteiger partial charge in [-0.15, -0.1) is 0 Å². The number of amides is 2. The van der Waals surface area contributed by atoms with Gasteiger partial charge in [-0.25, -0.2) is 8.42 Å². The molecule has 0 bridgehead atoms. The largest absolute Gasteiger partial charge is 0.497 e. The quantitative estimate of drug-likeness (QED) is 0.325. The second kappa shape index (κ2) is 14.0. The van der Waals surface area contributed by atoms with Crippen LogP contribution in [0.2, 0.25) is 5.02 Å². The third kappa shape index (κ3) is 8.12. The van der Waals surface area contributed by atoms with E-state index in [1.807, 2.05) is 30.3 Å². The molecule has 3 rings (SSSR count). The molecule has 0 aliphatic carbocycles. The van der Waals surface area contributed by atoms with Gasteiger partial charge in [0.1, 0.15) is 24.1 Å². The van der Waals surface area contributed by atoms with Gasteiger partial charge in [0.05, 0.1) is 26.2 Å². The molecule has 3 aromatic rings. The Morgan fingerprint density at radius 3 is 2.25 bits per heavy atom. The van der Waals surface area contributed by atoms with Crippen LogP contribution in [0.5, 0.6) is 11.5 Å². The maximum Gasteiger partial charge on any atom is 0.244 e. The molecule has 214 valence electrons.